The lowest BCUT2D eigenvalue weighted by Gasteiger charge is -2.25. The van der Waals surface area contributed by atoms with Crippen molar-refractivity contribution in [3.8, 4) is 11.1 Å². The van der Waals surface area contributed by atoms with Gasteiger partial charge in [0, 0.05) is 43.2 Å². The molecule has 0 unspecified atom stereocenters. The lowest BCUT2D eigenvalue weighted by atomic mass is 10.1. The van der Waals surface area contributed by atoms with E-state index < -0.39 is 0 Å². The zero-order valence-corrected chi connectivity index (χ0v) is 21.2. The van der Waals surface area contributed by atoms with Crippen LogP contribution in [0.1, 0.15) is 24.3 Å². The van der Waals surface area contributed by atoms with E-state index in [9.17, 15) is 0 Å². The summed E-state index contributed by atoms with van der Waals surface area (Å²) in [6, 6.07) is 5.98. The Hall–Kier alpha value is -2.99. The van der Waals surface area contributed by atoms with Crippen molar-refractivity contribution in [3.05, 3.63) is 41.8 Å². The van der Waals surface area contributed by atoms with E-state index in [1.807, 2.05) is 29.2 Å². The lowest BCUT2D eigenvalue weighted by Crippen LogP contribution is -2.35. The van der Waals surface area contributed by atoms with Crippen LogP contribution in [0.2, 0.25) is 0 Å². The Balaban J connectivity index is 1.10. The highest BCUT2D eigenvalue weighted by atomic mass is 32.1. The number of likely N-dealkylation sites (tertiary alicyclic amines) is 1. The topological polar surface area (TPSA) is 97.1 Å². The highest BCUT2D eigenvalue weighted by Crippen LogP contribution is 2.25. The predicted molar refractivity (Wildman–Crippen MR) is 140 cm³/mol. The van der Waals surface area contributed by atoms with Gasteiger partial charge in [0.15, 0.2) is 0 Å². The van der Waals surface area contributed by atoms with Crippen LogP contribution < -0.4 is 5.32 Å². The Morgan fingerprint density at radius 1 is 0.917 bits per heavy atom. The molecular weight excluding hydrogens is 474 g/mol. The lowest BCUT2D eigenvalue weighted by molar-refractivity contribution is 0.0341. The molecule has 0 amide bonds. The molecule has 1 N–H and O–H groups in total. The fourth-order valence-electron chi connectivity index (χ4n) is 4.76. The van der Waals surface area contributed by atoms with Gasteiger partial charge in [-0.05, 0) is 57.1 Å². The molecule has 188 valence electrons. The number of hydrogen-bond acceptors (Lipinski definition) is 10. The van der Waals surface area contributed by atoms with Crippen LogP contribution in [0.15, 0.2) is 36.8 Å². The Labute approximate surface area is 214 Å². The van der Waals surface area contributed by atoms with E-state index in [1.165, 1.54) is 25.9 Å². The van der Waals surface area contributed by atoms with E-state index in [4.69, 9.17) is 9.72 Å². The van der Waals surface area contributed by atoms with Crippen LogP contribution in [0, 0.1) is 0 Å². The maximum Gasteiger partial charge on any atom is 0.211 e. The van der Waals surface area contributed by atoms with Crippen molar-refractivity contribution in [2.45, 2.75) is 32.4 Å². The van der Waals surface area contributed by atoms with Gasteiger partial charge in [-0.25, -0.2) is 4.98 Å². The average molecular weight is 506 g/mol. The number of fused-ring (bicyclic) bond motifs is 1. The Kier molecular flexibility index (Phi) is 7.12. The highest BCUT2D eigenvalue weighted by Gasteiger charge is 2.14. The summed E-state index contributed by atoms with van der Waals surface area (Å²) in [7, 11) is 0. The minimum absolute atomic E-state index is 0.730. The van der Waals surface area contributed by atoms with Crippen molar-refractivity contribution in [2.75, 3.05) is 51.3 Å². The molecule has 2 saturated heterocycles. The van der Waals surface area contributed by atoms with E-state index in [1.54, 1.807) is 11.3 Å². The molecular formula is C25H31N9OS. The van der Waals surface area contributed by atoms with Gasteiger partial charge in [-0.2, -0.15) is 5.10 Å². The molecule has 2 aliphatic heterocycles. The van der Waals surface area contributed by atoms with Crippen LogP contribution in [0.25, 0.3) is 22.2 Å². The maximum atomic E-state index is 5.42. The second-order valence-corrected chi connectivity index (χ2v) is 10.4. The highest BCUT2D eigenvalue weighted by molar-refractivity contribution is 7.15. The summed E-state index contributed by atoms with van der Waals surface area (Å²) < 4.78 is 7.45. The summed E-state index contributed by atoms with van der Waals surface area (Å²) in [6.45, 7) is 8.78. The fraction of sp³-hybridized carbons (Fsp3) is 0.480. The molecule has 11 heteroatoms. The number of aromatic nitrogens is 6. The minimum atomic E-state index is 0.730. The summed E-state index contributed by atoms with van der Waals surface area (Å²) in [5.74, 6) is 0.730. The third kappa shape index (κ3) is 5.70. The van der Waals surface area contributed by atoms with Crippen LogP contribution >= 0.6 is 11.3 Å². The first-order chi connectivity index (χ1) is 17.8. The first kappa shape index (κ1) is 23.4. The van der Waals surface area contributed by atoms with Gasteiger partial charge < -0.3 is 15.0 Å². The molecule has 6 rings (SSSR count). The molecule has 4 aromatic rings. The van der Waals surface area contributed by atoms with Gasteiger partial charge in [0.2, 0.25) is 5.13 Å². The number of anilines is 2. The molecule has 2 aliphatic rings. The predicted octanol–water partition coefficient (Wildman–Crippen LogP) is 3.41. The van der Waals surface area contributed by atoms with Crippen molar-refractivity contribution in [3.63, 3.8) is 0 Å². The van der Waals surface area contributed by atoms with Crippen LogP contribution in [0.5, 0.6) is 0 Å². The molecule has 0 atom stereocenters. The Bertz CT molecular complexity index is 1290. The number of pyridine rings is 2. The smallest absolute Gasteiger partial charge is 0.211 e. The van der Waals surface area contributed by atoms with Crippen molar-refractivity contribution in [1.29, 1.82) is 0 Å². The summed E-state index contributed by atoms with van der Waals surface area (Å²) in [6.07, 6.45) is 9.70. The monoisotopic (exact) mass is 505 g/mol. The van der Waals surface area contributed by atoms with Crippen LogP contribution in [-0.2, 0) is 17.8 Å². The molecule has 10 nitrogen and oxygen atoms in total. The summed E-state index contributed by atoms with van der Waals surface area (Å²) in [5.41, 5.74) is 3.76. The van der Waals surface area contributed by atoms with Gasteiger partial charge in [0.1, 0.15) is 10.8 Å². The zero-order chi connectivity index (χ0) is 24.2. The zero-order valence-electron chi connectivity index (χ0n) is 20.3. The number of aryl methyl sites for hydroxylation is 1. The van der Waals surface area contributed by atoms with Crippen molar-refractivity contribution >= 4 is 33.3 Å². The Morgan fingerprint density at radius 2 is 1.81 bits per heavy atom. The van der Waals surface area contributed by atoms with E-state index in [0.29, 0.717) is 0 Å². The molecule has 0 aromatic carbocycles. The number of hydrogen-bond donors (Lipinski definition) is 1. The van der Waals surface area contributed by atoms with Gasteiger partial charge in [0.05, 0.1) is 37.0 Å². The standard InChI is InChI=1S/C25H31N9OS/c1-2-7-32(6-1)8-3-9-34-17-20(16-27-34)19-14-22-21(26-15-19)4-5-23(28-22)29-25-31-30-24(36-25)18-33-10-12-35-13-11-33/h4-5,14-17H,1-3,6-13,18H2,(H,28,29,31). The van der Waals surface area contributed by atoms with Crippen molar-refractivity contribution < 1.29 is 4.74 Å². The van der Waals surface area contributed by atoms with Gasteiger partial charge in [-0.15, -0.1) is 10.2 Å². The third-order valence-corrected chi connectivity index (χ3v) is 7.55. The fourth-order valence-corrected chi connectivity index (χ4v) is 5.55. The first-order valence-corrected chi connectivity index (χ1v) is 13.5. The second kappa shape index (κ2) is 11.0. The molecule has 36 heavy (non-hydrogen) atoms. The van der Waals surface area contributed by atoms with Crippen molar-refractivity contribution in [2.24, 2.45) is 0 Å². The van der Waals surface area contributed by atoms with Gasteiger partial charge in [-0.3, -0.25) is 14.6 Å². The number of nitrogens with zero attached hydrogens (tertiary/aromatic N) is 8. The molecule has 0 saturated carbocycles. The van der Waals surface area contributed by atoms with Crippen LogP contribution in [-0.4, -0.2) is 85.7 Å². The summed E-state index contributed by atoms with van der Waals surface area (Å²) in [4.78, 5) is 14.3. The van der Waals surface area contributed by atoms with E-state index in [0.717, 1.165) is 90.5 Å². The quantitative estimate of drug-likeness (QED) is 0.367. The third-order valence-electron chi connectivity index (χ3n) is 6.73. The van der Waals surface area contributed by atoms with E-state index >= 15 is 0 Å². The molecule has 0 radical (unpaired) electrons. The van der Waals surface area contributed by atoms with Gasteiger partial charge in [-0.1, -0.05) is 11.3 Å². The average Bonchev–Trinajstić information content (AvgIpc) is 3.68. The molecule has 6 heterocycles. The van der Waals surface area contributed by atoms with Gasteiger partial charge in [0.25, 0.3) is 0 Å². The molecule has 4 aromatic heterocycles. The van der Waals surface area contributed by atoms with E-state index in [2.05, 4.69) is 47.7 Å². The maximum absolute atomic E-state index is 5.42. The van der Waals surface area contributed by atoms with Gasteiger partial charge >= 0.3 is 0 Å². The Morgan fingerprint density at radius 3 is 2.69 bits per heavy atom. The molecule has 0 bridgehead atoms. The number of nitrogens with one attached hydrogen (secondary N) is 1. The second-order valence-electron chi connectivity index (χ2n) is 9.37. The summed E-state index contributed by atoms with van der Waals surface area (Å²) >= 11 is 1.56. The van der Waals surface area contributed by atoms with Crippen molar-refractivity contribution in [1.82, 2.24) is 39.7 Å². The molecule has 0 aliphatic carbocycles. The van der Waals surface area contributed by atoms with Crippen LogP contribution in [0.3, 0.4) is 0 Å². The minimum Gasteiger partial charge on any atom is -0.379 e. The normalized spacial score (nSPS) is 17.2. The number of ether oxygens (including phenoxy) is 1. The number of rotatable bonds is 9. The van der Waals surface area contributed by atoms with E-state index in [-0.39, 0.29) is 0 Å². The largest absolute Gasteiger partial charge is 0.379 e. The molecule has 2 fully saturated rings. The SMILES string of the molecule is c1nc2ccc(Nc3nnc(CN4CCOCC4)s3)nc2cc1-c1cnn(CCCN2CCCC2)c1. The molecule has 0 spiro atoms. The van der Waals surface area contributed by atoms with Crippen LogP contribution in [0.4, 0.5) is 10.9 Å². The first-order valence-electron chi connectivity index (χ1n) is 12.7. The number of morpholine rings is 1. The summed E-state index contributed by atoms with van der Waals surface area (Å²) in [5, 5.41) is 18.2.